The Morgan fingerprint density at radius 1 is 1.32 bits per heavy atom. The molecule has 1 heterocycles. The van der Waals surface area contributed by atoms with Gasteiger partial charge in [0.2, 0.25) is 5.91 Å². The van der Waals surface area contributed by atoms with Crippen LogP contribution in [0.15, 0.2) is 30.3 Å². The fourth-order valence-electron chi connectivity index (χ4n) is 2.15. The second-order valence-electron chi connectivity index (χ2n) is 4.97. The molecule has 1 N–H and O–H groups in total. The summed E-state index contributed by atoms with van der Waals surface area (Å²) in [5, 5.41) is 2.90. The molecule has 1 aromatic carbocycles. The van der Waals surface area contributed by atoms with Gasteiger partial charge >= 0.3 is 0 Å². The average Bonchev–Trinajstić information content (AvgIpc) is 2.90. The summed E-state index contributed by atoms with van der Waals surface area (Å²) >= 11 is 0. The van der Waals surface area contributed by atoms with Crippen LogP contribution in [0, 0.1) is 5.92 Å². The highest BCUT2D eigenvalue weighted by molar-refractivity contribution is 5.90. The van der Waals surface area contributed by atoms with Gasteiger partial charge in [-0.25, -0.2) is 0 Å². The van der Waals surface area contributed by atoms with Crippen LogP contribution in [0.3, 0.4) is 0 Å². The van der Waals surface area contributed by atoms with Crippen LogP contribution in [0.4, 0.5) is 5.69 Å². The largest absolute Gasteiger partial charge is 0.350 e. The molecule has 1 atom stereocenters. The van der Waals surface area contributed by atoms with Crippen molar-refractivity contribution in [2.24, 2.45) is 5.92 Å². The van der Waals surface area contributed by atoms with Gasteiger partial charge < -0.3 is 14.8 Å². The van der Waals surface area contributed by atoms with E-state index in [0.717, 1.165) is 18.5 Å². The standard InChI is InChI=1S/C15H21NO3/c1-12(7-8-15-18-9-10-19-15)11-14(17)16-13-5-3-2-4-6-13/h2-6,12,15H,7-11H2,1H3,(H,16,17). The van der Waals surface area contributed by atoms with E-state index in [1.54, 1.807) is 0 Å². The summed E-state index contributed by atoms with van der Waals surface area (Å²) in [6, 6.07) is 9.53. The molecule has 19 heavy (non-hydrogen) atoms. The monoisotopic (exact) mass is 263 g/mol. The first kappa shape index (κ1) is 14.0. The molecule has 0 spiro atoms. The number of ether oxygens (including phenoxy) is 2. The summed E-state index contributed by atoms with van der Waals surface area (Å²) in [6.07, 6.45) is 2.26. The van der Waals surface area contributed by atoms with Crippen LogP contribution in [0.2, 0.25) is 0 Å². The van der Waals surface area contributed by atoms with Crippen LogP contribution >= 0.6 is 0 Å². The van der Waals surface area contributed by atoms with Gasteiger partial charge in [0.25, 0.3) is 0 Å². The van der Waals surface area contributed by atoms with Crippen molar-refractivity contribution in [2.75, 3.05) is 18.5 Å². The van der Waals surface area contributed by atoms with Crippen LogP contribution < -0.4 is 5.32 Å². The van der Waals surface area contributed by atoms with Crippen LogP contribution in [-0.2, 0) is 14.3 Å². The maximum atomic E-state index is 11.8. The van der Waals surface area contributed by atoms with E-state index in [-0.39, 0.29) is 12.2 Å². The van der Waals surface area contributed by atoms with E-state index < -0.39 is 0 Å². The summed E-state index contributed by atoms with van der Waals surface area (Å²) < 4.78 is 10.8. The molecule has 0 bridgehead atoms. The first-order valence-electron chi connectivity index (χ1n) is 6.82. The molecule has 1 fully saturated rings. The van der Waals surface area contributed by atoms with Gasteiger partial charge in [0.15, 0.2) is 6.29 Å². The number of para-hydroxylation sites is 1. The van der Waals surface area contributed by atoms with E-state index in [4.69, 9.17) is 9.47 Å². The number of anilines is 1. The first-order valence-corrected chi connectivity index (χ1v) is 6.82. The molecular formula is C15H21NO3. The van der Waals surface area contributed by atoms with Gasteiger partial charge in [0.1, 0.15) is 0 Å². The van der Waals surface area contributed by atoms with Crippen molar-refractivity contribution >= 4 is 11.6 Å². The highest BCUT2D eigenvalue weighted by Crippen LogP contribution is 2.17. The number of carbonyl (C=O) groups excluding carboxylic acids is 1. The summed E-state index contributed by atoms with van der Waals surface area (Å²) in [7, 11) is 0. The Labute approximate surface area is 114 Å². The molecule has 1 aliphatic rings. The molecule has 1 amide bonds. The Morgan fingerprint density at radius 2 is 2.00 bits per heavy atom. The second kappa shape index (κ2) is 7.26. The van der Waals surface area contributed by atoms with E-state index in [0.29, 0.717) is 25.6 Å². The molecule has 1 aromatic rings. The molecule has 1 aliphatic heterocycles. The summed E-state index contributed by atoms with van der Waals surface area (Å²) in [6.45, 7) is 3.46. The first-order chi connectivity index (χ1) is 9.24. The molecule has 1 saturated heterocycles. The third-order valence-corrected chi connectivity index (χ3v) is 3.18. The quantitative estimate of drug-likeness (QED) is 0.858. The molecule has 2 rings (SSSR count). The van der Waals surface area contributed by atoms with Gasteiger partial charge in [-0.15, -0.1) is 0 Å². The van der Waals surface area contributed by atoms with E-state index in [2.05, 4.69) is 12.2 Å². The van der Waals surface area contributed by atoms with Crippen molar-refractivity contribution < 1.29 is 14.3 Å². The third kappa shape index (κ3) is 5.01. The zero-order valence-electron chi connectivity index (χ0n) is 11.3. The number of nitrogens with one attached hydrogen (secondary N) is 1. The maximum Gasteiger partial charge on any atom is 0.224 e. The molecule has 4 heteroatoms. The van der Waals surface area contributed by atoms with Crippen molar-refractivity contribution in [3.05, 3.63) is 30.3 Å². The molecule has 0 saturated carbocycles. The number of amides is 1. The lowest BCUT2D eigenvalue weighted by molar-refractivity contribution is -0.117. The van der Waals surface area contributed by atoms with Crippen LogP contribution in [0.5, 0.6) is 0 Å². The SMILES string of the molecule is CC(CCC1OCCO1)CC(=O)Nc1ccccc1. The van der Waals surface area contributed by atoms with Gasteiger partial charge in [-0.1, -0.05) is 25.1 Å². The molecule has 0 aromatic heterocycles. The molecule has 0 radical (unpaired) electrons. The van der Waals surface area contributed by atoms with E-state index in [1.807, 2.05) is 30.3 Å². The molecule has 1 unspecified atom stereocenters. The predicted octanol–water partition coefficient (Wildman–Crippen LogP) is 2.80. The predicted molar refractivity (Wildman–Crippen MR) is 73.8 cm³/mol. The minimum absolute atomic E-state index is 0.0620. The van der Waals surface area contributed by atoms with Gasteiger partial charge in [-0.05, 0) is 30.9 Å². The minimum atomic E-state index is -0.0698. The van der Waals surface area contributed by atoms with Crippen molar-refractivity contribution in [3.63, 3.8) is 0 Å². The average molecular weight is 263 g/mol. The molecular weight excluding hydrogens is 242 g/mol. The number of benzene rings is 1. The van der Waals surface area contributed by atoms with Crippen molar-refractivity contribution in [1.29, 1.82) is 0 Å². The highest BCUT2D eigenvalue weighted by Gasteiger charge is 2.17. The van der Waals surface area contributed by atoms with Crippen LogP contribution in [0.25, 0.3) is 0 Å². The topological polar surface area (TPSA) is 47.6 Å². The maximum absolute atomic E-state index is 11.8. The molecule has 4 nitrogen and oxygen atoms in total. The van der Waals surface area contributed by atoms with Gasteiger partial charge in [0.05, 0.1) is 13.2 Å². The zero-order chi connectivity index (χ0) is 13.5. The Bertz CT molecular complexity index is 388. The van der Waals surface area contributed by atoms with Crippen molar-refractivity contribution in [2.45, 2.75) is 32.5 Å². The Hall–Kier alpha value is -1.39. The van der Waals surface area contributed by atoms with Crippen molar-refractivity contribution in [3.8, 4) is 0 Å². The number of hydrogen-bond acceptors (Lipinski definition) is 3. The fourth-order valence-corrected chi connectivity index (χ4v) is 2.15. The number of rotatable bonds is 6. The smallest absolute Gasteiger partial charge is 0.224 e. The Kier molecular flexibility index (Phi) is 5.36. The van der Waals surface area contributed by atoms with Gasteiger partial charge in [-0.2, -0.15) is 0 Å². The fraction of sp³-hybridized carbons (Fsp3) is 0.533. The Balaban J connectivity index is 1.66. The van der Waals surface area contributed by atoms with E-state index >= 15 is 0 Å². The third-order valence-electron chi connectivity index (χ3n) is 3.18. The second-order valence-corrected chi connectivity index (χ2v) is 4.97. The summed E-state index contributed by atoms with van der Waals surface area (Å²) in [4.78, 5) is 11.8. The van der Waals surface area contributed by atoms with Crippen LogP contribution in [0.1, 0.15) is 26.2 Å². The van der Waals surface area contributed by atoms with E-state index in [9.17, 15) is 4.79 Å². The zero-order valence-corrected chi connectivity index (χ0v) is 11.3. The van der Waals surface area contributed by atoms with Crippen LogP contribution in [-0.4, -0.2) is 25.4 Å². The normalized spacial score (nSPS) is 17.3. The molecule has 0 aliphatic carbocycles. The Morgan fingerprint density at radius 3 is 2.68 bits per heavy atom. The summed E-state index contributed by atoms with van der Waals surface area (Å²) in [5.74, 6) is 0.392. The minimum Gasteiger partial charge on any atom is -0.350 e. The van der Waals surface area contributed by atoms with E-state index in [1.165, 1.54) is 0 Å². The number of carbonyl (C=O) groups is 1. The van der Waals surface area contributed by atoms with Crippen molar-refractivity contribution in [1.82, 2.24) is 0 Å². The summed E-state index contributed by atoms with van der Waals surface area (Å²) in [5.41, 5.74) is 0.849. The lowest BCUT2D eigenvalue weighted by Gasteiger charge is -2.14. The van der Waals surface area contributed by atoms with Gasteiger partial charge in [-0.3, -0.25) is 4.79 Å². The van der Waals surface area contributed by atoms with Gasteiger partial charge in [0, 0.05) is 12.1 Å². The lowest BCUT2D eigenvalue weighted by atomic mass is 10.0. The lowest BCUT2D eigenvalue weighted by Crippen LogP contribution is -2.16. The molecule has 104 valence electrons. The highest BCUT2D eigenvalue weighted by atomic mass is 16.7. The number of hydrogen-bond donors (Lipinski definition) is 1.